The monoisotopic (exact) mass is 424 g/mol. The molecular formula is C21H28N8S. The van der Waals surface area contributed by atoms with Gasteiger partial charge >= 0.3 is 0 Å². The molecule has 1 N–H and O–H groups in total. The van der Waals surface area contributed by atoms with E-state index in [1.807, 2.05) is 37.0 Å². The molecule has 158 valence electrons. The molecule has 3 aromatic rings. The molecular weight excluding hydrogens is 396 g/mol. The van der Waals surface area contributed by atoms with Crippen molar-refractivity contribution in [1.82, 2.24) is 29.4 Å². The third-order valence-corrected chi connectivity index (χ3v) is 6.05. The van der Waals surface area contributed by atoms with Crippen LogP contribution in [0.15, 0.2) is 41.5 Å². The molecule has 0 amide bonds. The van der Waals surface area contributed by atoms with Gasteiger partial charge in [0.2, 0.25) is 5.13 Å². The van der Waals surface area contributed by atoms with Crippen molar-refractivity contribution in [2.24, 2.45) is 4.99 Å². The fraction of sp³-hybridized carbons (Fsp3) is 0.429. The van der Waals surface area contributed by atoms with Crippen LogP contribution in [-0.4, -0.2) is 63.2 Å². The first-order valence-electron chi connectivity index (χ1n) is 10.3. The summed E-state index contributed by atoms with van der Waals surface area (Å²) in [4.78, 5) is 13.8. The third kappa shape index (κ3) is 4.46. The molecule has 3 heterocycles. The standard InChI is InChI=1S/C21H28N8S/c1-4-19-24-21(30-26-19)28-13-11-27(12-14-28)20(22-3)23-15-17-7-5-6-8-18(17)29-10-9-16(2)25-29/h5-10H,4,11-15H2,1-3H3,(H,22,23). The molecule has 0 atom stereocenters. The summed E-state index contributed by atoms with van der Waals surface area (Å²) in [6.45, 7) is 8.43. The van der Waals surface area contributed by atoms with Gasteiger partial charge in [0.05, 0.1) is 11.4 Å². The van der Waals surface area contributed by atoms with E-state index in [4.69, 9.17) is 0 Å². The highest BCUT2D eigenvalue weighted by Crippen LogP contribution is 2.19. The number of aromatic nitrogens is 4. The average Bonchev–Trinajstić information content (AvgIpc) is 3.44. The maximum Gasteiger partial charge on any atom is 0.205 e. The maximum atomic E-state index is 4.62. The van der Waals surface area contributed by atoms with Crippen LogP contribution in [0.5, 0.6) is 0 Å². The van der Waals surface area contributed by atoms with Gasteiger partial charge in [0.15, 0.2) is 5.96 Å². The zero-order chi connectivity index (χ0) is 20.9. The molecule has 0 aliphatic carbocycles. The molecule has 0 radical (unpaired) electrons. The highest BCUT2D eigenvalue weighted by Gasteiger charge is 2.22. The van der Waals surface area contributed by atoms with E-state index in [2.05, 4.69) is 59.7 Å². The Hall–Kier alpha value is -2.94. The Morgan fingerprint density at radius 2 is 1.97 bits per heavy atom. The topological polar surface area (TPSA) is 74.5 Å². The lowest BCUT2D eigenvalue weighted by molar-refractivity contribution is 0.372. The van der Waals surface area contributed by atoms with Crippen LogP contribution in [0.1, 0.15) is 24.0 Å². The molecule has 4 rings (SSSR count). The fourth-order valence-corrected chi connectivity index (χ4v) is 4.37. The van der Waals surface area contributed by atoms with E-state index in [0.717, 1.165) is 60.9 Å². The molecule has 0 spiro atoms. The van der Waals surface area contributed by atoms with E-state index in [9.17, 15) is 0 Å². The lowest BCUT2D eigenvalue weighted by Crippen LogP contribution is -2.52. The van der Waals surface area contributed by atoms with Crippen LogP contribution in [0, 0.1) is 6.92 Å². The van der Waals surface area contributed by atoms with Gasteiger partial charge in [-0.1, -0.05) is 25.1 Å². The maximum absolute atomic E-state index is 4.62. The molecule has 1 fully saturated rings. The Balaban J connectivity index is 1.37. The molecule has 1 saturated heterocycles. The van der Waals surface area contributed by atoms with Crippen molar-refractivity contribution < 1.29 is 0 Å². The first kappa shape index (κ1) is 20.3. The Bertz CT molecular complexity index is 1000. The summed E-state index contributed by atoms with van der Waals surface area (Å²) in [5, 5.41) is 9.11. The van der Waals surface area contributed by atoms with Crippen LogP contribution < -0.4 is 10.2 Å². The fourth-order valence-electron chi connectivity index (χ4n) is 3.57. The number of piperazine rings is 1. The summed E-state index contributed by atoms with van der Waals surface area (Å²) in [7, 11) is 1.84. The molecule has 8 nitrogen and oxygen atoms in total. The molecule has 2 aromatic heterocycles. The van der Waals surface area contributed by atoms with Crippen molar-refractivity contribution in [2.45, 2.75) is 26.8 Å². The smallest absolute Gasteiger partial charge is 0.205 e. The quantitative estimate of drug-likeness (QED) is 0.501. The normalized spacial score (nSPS) is 15.0. The van der Waals surface area contributed by atoms with Gasteiger partial charge in [0.25, 0.3) is 0 Å². The number of para-hydroxylation sites is 1. The van der Waals surface area contributed by atoms with E-state index in [1.54, 1.807) is 0 Å². The summed E-state index contributed by atoms with van der Waals surface area (Å²) in [6, 6.07) is 10.3. The van der Waals surface area contributed by atoms with Crippen molar-refractivity contribution in [3.8, 4) is 5.69 Å². The summed E-state index contributed by atoms with van der Waals surface area (Å²) in [6.07, 6.45) is 2.88. The number of benzene rings is 1. The van der Waals surface area contributed by atoms with Crippen LogP contribution in [-0.2, 0) is 13.0 Å². The number of guanidine groups is 1. The van der Waals surface area contributed by atoms with Gasteiger partial charge in [-0.15, -0.1) is 0 Å². The predicted octanol–water partition coefficient (Wildman–Crippen LogP) is 2.49. The van der Waals surface area contributed by atoms with E-state index < -0.39 is 0 Å². The zero-order valence-electron chi connectivity index (χ0n) is 17.7. The second-order valence-corrected chi connectivity index (χ2v) is 7.98. The average molecular weight is 425 g/mol. The van der Waals surface area contributed by atoms with E-state index in [1.165, 1.54) is 17.1 Å². The lowest BCUT2D eigenvalue weighted by Gasteiger charge is -2.36. The van der Waals surface area contributed by atoms with Gasteiger partial charge in [-0.05, 0) is 24.6 Å². The minimum absolute atomic E-state index is 0.693. The minimum atomic E-state index is 0.693. The Labute approximate surface area is 181 Å². The van der Waals surface area contributed by atoms with Crippen LogP contribution >= 0.6 is 11.5 Å². The van der Waals surface area contributed by atoms with Gasteiger partial charge in [-0.2, -0.15) is 9.47 Å². The number of anilines is 1. The van der Waals surface area contributed by atoms with Crippen LogP contribution in [0.3, 0.4) is 0 Å². The number of nitrogens with one attached hydrogen (secondary N) is 1. The van der Waals surface area contributed by atoms with Crippen molar-refractivity contribution in [3.63, 3.8) is 0 Å². The van der Waals surface area contributed by atoms with Gasteiger partial charge in [0.1, 0.15) is 5.82 Å². The highest BCUT2D eigenvalue weighted by atomic mass is 32.1. The number of rotatable bonds is 5. The second kappa shape index (κ2) is 9.25. The Morgan fingerprint density at radius 3 is 2.63 bits per heavy atom. The number of hydrogen-bond donors (Lipinski definition) is 1. The molecule has 0 saturated carbocycles. The van der Waals surface area contributed by atoms with E-state index in [-0.39, 0.29) is 0 Å². The van der Waals surface area contributed by atoms with Crippen LogP contribution in [0.25, 0.3) is 5.69 Å². The zero-order valence-corrected chi connectivity index (χ0v) is 18.6. The lowest BCUT2D eigenvalue weighted by atomic mass is 10.2. The third-order valence-electron chi connectivity index (χ3n) is 5.23. The van der Waals surface area contributed by atoms with Gasteiger partial charge < -0.3 is 15.1 Å². The van der Waals surface area contributed by atoms with E-state index >= 15 is 0 Å². The highest BCUT2D eigenvalue weighted by molar-refractivity contribution is 7.09. The molecule has 1 aliphatic rings. The van der Waals surface area contributed by atoms with Gasteiger partial charge in [0, 0.05) is 63.9 Å². The largest absolute Gasteiger partial charge is 0.352 e. The minimum Gasteiger partial charge on any atom is -0.352 e. The van der Waals surface area contributed by atoms with E-state index in [0.29, 0.717) is 6.54 Å². The molecule has 1 aromatic carbocycles. The molecule has 0 unspecified atom stereocenters. The van der Waals surface area contributed by atoms with Crippen LogP contribution in [0.4, 0.5) is 5.13 Å². The summed E-state index contributed by atoms with van der Waals surface area (Å²) >= 11 is 1.50. The summed E-state index contributed by atoms with van der Waals surface area (Å²) in [5.74, 6) is 1.86. The van der Waals surface area contributed by atoms with Crippen molar-refractivity contribution in [2.75, 3.05) is 38.1 Å². The first-order valence-corrected chi connectivity index (χ1v) is 11.1. The molecule has 1 aliphatic heterocycles. The molecule has 30 heavy (non-hydrogen) atoms. The van der Waals surface area contributed by atoms with Crippen molar-refractivity contribution >= 4 is 22.6 Å². The summed E-state index contributed by atoms with van der Waals surface area (Å²) < 4.78 is 6.34. The number of aliphatic imine (C=N–C) groups is 1. The second-order valence-electron chi connectivity index (χ2n) is 7.25. The van der Waals surface area contributed by atoms with Crippen LogP contribution in [0.2, 0.25) is 0 Å². The molecule has 0 bridgehead atoms. The number of hydrogen-bond acceptors (Lipinski definition) is 6. The van der Waals surface area contributed by atoms with Gasteiger partial charge in [-0.3, -0.25) is 4.99 Å². The molecule has 9 heteroatoms. The van der Waals surface area contributed by atoms with Crippen molar-refractivity contribution in [1.29, 1.82) is 0 Å². The Kier molecular flexibility index (Phi) is 6.27. The number of nitrogens with zero attached hydrogens (tertiary/aromatic N) is 7. The summed E-state index contributed by atoms with van der Waals surface area (Å²) in [5.41, 5.74) is 3.27. The SMILES string of the molecule is CCc1nsc(N2CCN(C(=NC)NCc3ccccc3-n3ccc(C)n3)CC2)n1. The predicted molar refractivity (Wildman–Crippen MR) is 122 cm³/mol. The van der Waals surface area contributed by atoms with Crippen molar-refractivity contribution in [3.05, 3.63) is 53.6 Å². The Morgan fingerprint density at radius 1 is 1.17 bits per heavy atom. The van der Waals surface area contributed by atoms with Gasteiger partial charge in [-0.25, -0.2) is 9.67 Å². The number of aryl methyl sites for hydroxylation is 2. The first-order chi connectivity index (χ1) is 14.7.